The molecule has 2 aromatic rings. The number of benzene rings is 1. The third-order valence-electron chi connectivity index (χ3n) is 6.87. The Morgan fingerprint density at radius 2 is 1.71 bits per heavy atom. The molecule has 0 bridgehead atoms. The average Bonchev–Trinajstić information content (AvgIpc) is 2.84. The molecule has 0 N–H and O–H groups in total. The van der Waals surface area contributed by atoms with Gasteiger partial charge in [-0.1, -0.05) is 38.2 Å². The van der Waals surface area contributed by atoms with Crippen LogP contribution in [0.5, 0.6) is 5.75 Å². The van der Waals surface area contributed by atoms with Gasteiger partial charge in [-0.05, 0) is 50.5 Å². The van der Waals surface area contributed by atoms with Crippen LogP contribution in [0.4, 0.5) is 0 Å². The van der Waals surface area contributed by atoms with Crippen LogP contribution in [-0.2, 0) is 11.2 Å². The van der Waals surface area contributed by atoms with Crippen LogP contribution in [0, 0.1) is 19.8 Å². The summed E-state index contributed by atoms with van der Waals surface area (Å²) in [5, 5.41) is 0. The number of carbonyl (C=O) groups excluding carboxylic acids is 2. The lowest BCUT2D eigenvalue weighted by molar-refractivity contribution is -0.132. The first-order chi connectivity index (χ1) is 16.5. The number of ether oxygens (including phenoxy) is 1. The molecule has 1 aliphatic heterocycles. The standard InChI is InChI=1S/C27H36N4O3/c1-20-17-24(29-21(2)28-20)19-26(32)30-12-14-31(15-13-30)27(33)23-9-6-10-25(18-23)34-16-11-22-7-4-3-5-8-22/h6,9-10,17-18,22H,3-5,7-8,11-16,19H2,1-2H3. The van der Waals surface area contributed by atoms with Gasteiger partial charge in [-0.3, -0.25) is 9.59 Å². The zero-order valence-corrected chi connectivity index (χ0v) is 20.5. The van der Waals surface area contributed by atoms with Crippen LogP contribution < -0.4 is 4.74 Å². The van der Waals surface area contributed by atoms with Crippen molar-refractivity contribution in [3.63, 3.8) is 0 Å². The summed E-state index contributed by atoms with van der Waals surface area (Å²) in [7, 11) is 0. The second-order valence-electron chi connectivity index (χ2n) is 9.57. The van der Waals surface area contributed by atoms with Crippen LogP contribution in [0.1, 0.15) is 66.1 Å². The fourth-order valence-electron chi connectivity index (χ4n) is 5.03. The molecule has 1 aromatic heterocycles. The Labute approximate surface area is 202 Å². The Bertz CT molecular complexity index is 975. The molecule has 0 atom stereocenters. The van der Waals surface area contributed by atoms with Crippen LogP contribution in [0.3, 0.4) is 0 Å². The number of hydrogen-bond acceptors (Lipinski definition) is 5. The molecular formula is C27H36N4O3. The molecular weight excluding hydrogens is 428 g/mol. The van der Waals surface area contributed by atoms with E-state index in [9.17, 15) is 9.59 Å². The largest absolute Gasteiger partial charge is 0.494 e. The smallest absolute Gasteiger partial charge is 0.254 e. The molecule has 2 fully saturated rings. The van der Waals surface area contributed by atoms with Gasteiger partial charge in [-0.2, -0.15) is 0 Å². The number of rotatable bonds is 7. The minimum absolute atomic E-state index is 0.00752. The Balaban J connectivity index is 1.25. The van der Waals surface area contributed by atoms with Crippen molar-refractivity contribution in [2.45, 2.75) is 58.8 Å². The van der Waals surface area contributed by atoms with E-state index in [0.29, 0.717) is 44.2 Å². The maximum absolute atomic E-state index is 13.1. The second-order valence-corrected chi connectivity index (χ2v) is 9.57. The number of amides is 2. The molecule has 7 heteroatoms. The van der Waals surface area contributed by atoms with E-state index in [2.05, 4.69) is 9.97 Å². The van der Waals surface area contributed by atoms with Gasteiger partial charge in [0, 0.05) is 37.4 Å². The number of hydrogen-bond donors (Lipinski definition) is 0. The fraction of sp³-hybridized carbons (Fsp3) is 0.556. The molecule has 1 saturated carbocycles. The zero-order valence-electron chi connectivity index (χ0n) is 20.5. The molecule has 2 amide bonds. The first-order valence-electron chi connectivity index (χ1n) is 12.6. The Morgan fingerprint density at radius 1 is 0.971 bits per heavy atom. The highest BCUT2D eigenvalue weighted by Gasteiger charge is 2.25. The molecule has 7 nitrogen and oxygen atoms in total. The molecule has 182 valence electrons. The lowest BCUT2D eigenvalue weighted by Crippen LogP contribution is -2.51. The van der Waals surface area contributed by atoms with Crippen molar-refractivity contribution in [1.29, 1.82) is 0 Å². The maximum atomic E-state index is 13.1. The van der Waals surface area contributed by atoms with Gasteiger partial charge in [0.25, 0.3) is 5.91 Å². The van der Waals surface area contributed by atoms with Gasteiger partial charge >= 0.3 is 0 Å². The highest BCUT2D eigenvalue weighted by atomic mass is 16.5. The predicted molar refractivity (Wildman–Crippen MR) is 131 cm³/mol. The van der Waals surface area contributed by atoms with Crippen molar-refractivity contribution in [2.75, 3.05) is 32.8 Å². The van der Waals surface area contributed by atoms with Crippen molar-refractivity contribution in [3.05, 3.63) is 53.1 Å². The second kappa shape index (κ2) is 11.4. The minimum atomic E-state index is -0.00752. The predicted octanol–water partition coefficient (Wildman–Crippen LogP) is 3.97. The van der Waals surface area contributed by atoms with Crippen molar-refractivity contribution >= 4 is 11.8 Å². The molecule has 0 unspecified atom stereocenters. The van der Waals surface area contributed by atoms with Gasteiger partial charge in [0.2, 0.25) is 5.91 Å². The summed E-state index contributed by atoms with van der Waals surface area (Å²) in [6, 6.07) is 9.35. The molecule has 2 heterocycles. The molecule has 1 aromatic carbocycles. The Kier molecular flexibility index (Phi) is 8.14. The molecule has 2 aliphatic rings. The van der Waals surface area contributed by atoms with Gasteiger partial charge in [0.1, 0.15) is 11.6 Å². The topological polar surface area (TPSA) is 75.6 Å². The first-order valence-corrected chi connectivity index (χ1v) is 12.6. The van der Waals surface area contributed by atoms with Crippen LogP contribution in [-0.4, -0.2) is 64.4 Å². The maximum Gasteiger partial charge on any atom is 0.254 e. The van der Waals surface area contributed by atoms with Crippen LogP contribution in [0.15, 0.2) is 30.3 Å². The summed E-state index contributed by atoms with van der Waals surface area (Å²) in [6.07, 6.45) is 8.02. The normalized spacial score (nSPS) is 17.0. The Morgan fingerprint density at radius 3 is 2.44 bits per heavy atom. The molecule has 4 rings (SSSR count). The van der Waals surface area contributed by atoms with Crippen molar-refractivity contribution < 1.29 is 14.3 Å². The zero-order chi connectivity index (χ0) is 23.9. The van der Waals surface area contributed by atoms with E-state index >= 15 is 0 Å². The highest BCUT2D eigenvalue weighted by molar-refractivity contribution is 5.94. The van der Waals surface area contributed by atoms with Crippen LogP contribution >= 0.6 is 0 Å². The number of aryl methyl sites for hydroxylation is 2. The summed E-state index contributed by atoms with van der Waals surface area (Å²) in [6.45, 7) is 6.56. The van der Waals surface area contributed by atoms with E-state index in [4.69, 9.17) is 4.74 Å². The fourth-order valence-corrected chi connectivity index (χ4v) is 5.03. The Hall–Kier alpha value is -2.96. The summed E-state index contributed by atoms with van der Waals surface area (Å²) in [5.41, 5.74) is 2.25. The summed E-state index contributed by atoms with van der Waals surface area (Å²) < 4.78 is 5.97. The lowest BCUT2D eigenvalue weighted by atomic mass is 9.87. The van der Waals surface area contributed by atoms with Gasteiger partial charge in [-0.15, -0.1) is 0 Å². The minimum Gasteiger partial charge on any atom is -0.494 e. The van der Waals surface area contributed by atoms with E-state index in [0.717, 1.165) is 29.5 Å². The van der Waals surface area contributed by atoms with E-state index in [1.165, 1.54) is 32.1 Å². The quantitative estimate of drug-likeness (QED) is 0.620. The SMILES string of the molecule is Cc1cc(CC(=O)N2CCN(C(=O)c3cccc(OCCC4CCCCC4)c3)CC2)nc(C)n1. The van der Waals surface area contributed by atoms with Gasteiger partial charge < -0.3 is 14.5 Å². The monoisotopic (exact) mass is 464 g/mol. The average molecular weight is 465 g/mol. The van der Waals surface area contributed by atoms with Gasteiger partial charge in [-0.25, -0.2) is 9.97 Å². The van der Waals surface area contributed by atoms with E-state index in [1.54, 1.807) is 0 Å². The first kappa shape index (κ1) is 24.2. The van der Waals surface area contributed by atoms with Crippen molar-refractivity contribution in [1.82, 2.24) is 19.8 Å². The molecule has 1 aliphatic carbocycles. The van der Waals surface area contributed by atoms with Crippen LogP contribution in [0.2, 0.25) is 0 Å². The van der Waals surface area contributed by atoms with Crippen LogP contribution in [0.25, 0.3) is 0 Å². The van der Waals surface area contributed by atoms with Gasteiger partial charge in [0.05, 0.1) is 18.7 Å². The molecule has 34 heavy (non-hydrogen) atoms. The summed E-state index contributed by atoms with van der Waals surface area (Å²) in [4.78, 5) is 38.1. The lowest BCUT2D eigenvalue weighted by Gasteiger charge is -2.35. The van der Waals surface area contributed by atoms with Crippen molar-refractivity contribution in [3.8, 4) is 5.75 Å². The number of carbonyl (C=O) groups is 2. The van der Waals surface area contributed by atoms with Gasteiger partial charge in [0.15, 0.2) is 0 Å². The third-order valence-corrected chi connectivity index (χ3v) is 6.87. The number of aromatic nitrogens is 2. The molecule has 0 radical (unpaired) electrons. The van der Waals surface area contributed by atoms with E-state index < -0.39 is 0 Å². The number of piperazine rings is 1. The van der Waals surface area contributed by atoms with E-state index in [-0.39, 0.29) is 18.2 Å². The molecule has 0 spiro atoms. The summed E-state index contributed by atoms with van der Waals surface area (Å²) in [5.74, 6) is 2.24. The summed E-state index contributed by atoms with van der Waals surface area (Å²) >= 11 is 0. The highest BCUT2D eigenvalue weighted by Crippen LogP contribution is 2.26. The van der Waals surface area contributed by atoms with E-state index in [1.807, 2.05) is 54.0 Å². The number of nitrogens with zero attached hydrogens (tertiary/aromatic N) is 4. The third kappa shape index (κ3) is 6.55. The molecule has 1 saturated heterocycles. The van der Waals surface area contributed by atoms with Crippen molar-refractivity contribution in [2.24, 2.45) is 5.92 Å².